The third-order valence-electron chi connectivity index (χ3n) is 4.36. The van der Waals surface area contributed by atoms with Gasteiger partial charge in [-0.05, 0) is 29.8 Å². The minimum absolute atomic E-state index is 0.211. The lowest BCUT2D eigenvalue weighted by atomic mass is 10.2. The van der Waals surface area contributed by atoms with Crippen LogP contribution in [0.25, 0.3) is 22.7 Å². The van der Waals surface area contributed by atoms with E-state index >= 15 is 0 Å². The van der Waals surface area contributed by atoms with Crippen LogP contribution in [0, 0.1) is 0 Å². The van der Waals surface area contributed by atoms with Gasteiger partial charge in [-0.1, -0.05) is 47.3 Å². The van der Waals surface area contributed by atoms with E-state index in [0.29, 0.717) is 28.7 Å². The van der Waals surface area contributed by atoms with E-state index in [2.05, 4.69) is 15.1 Å². The van der Waals surface area contributed by atoms with E-state index in [4.69, 9.17) is 9.26 Å². The third kappa shape index (κ3) is 5.08. The summed E-state index contributed by atoms with van der Waals surface area (Å²) in [6, 6.07) is 16.0. The minimum Gasteiger partial charge on any atom is -0.497 e. The Hall–Kier alpha value is -3.27. The SMILES string of the molecule is COc1ccc(-c2nc(CSc3ncc(-c4ccccc4)n3CC(F)(F)F)no2)cc1. The van der Waals surface area contributed by atoms with Crippen LogP contribution in [0.15, 0.2) is 70.5 Å². The van der Waals surface area contributed by atoms with E-state index in [0.717, 1.165) is 21.9 Å². The highest BCUT2D eigenvalue weighted by Crippen LogP contribution is 2.31. The van der Waals surface area contributed by atoms with Crippen molar-refractivity contribution in [3.63, 3.8) is 0 Å². The molecule has 0 N–H and O–H groups in total. The van der Waals surface area contributed by atoms with Gasteiger partial charge in [0.2, 0.25) is 0 Å². The molecule has 0 aliphatic carbocycles. The number of hydrogen-bond acceptors (Lipinski definition) is 6. The minimum atomic E-state index is -4.38. The number of aromatic nitrogens is 4. The lowest BCUT2D eigenvalue weighted by molar-refractivity contribution is -0.141. The van der Waals surface area contributed by atoms with Crippen molar-refractivity contribution in [3.05, 3.63) is 66.6 Å². The summed E-state index contributed by atoms with van der Waals surface area (Å²) in [6.45, 7) is -1.14. The van der Waals surface area contributed by atoms with Crippen LogP contribution in [0.5, 0.6) is 5.75 Å². The zero-order chi connectivity index (χ0) is 21.8. The summed E-state index contributed by atoms with van der Waals surface area (Å²) in [7, 11) is 1.57. The fourth-order valence-corrected chi connectivity index (χ4v) is 3.76. The summed E-state index contributed by atoms with van der Waals surface area (Å²) in [4.78, 5) is 8.52. The molecule has 0 saturated heterocycles. The van der Waals surface area contributed by atoms with Gasteiger partial charge in [-0.3, -0.25) is 0 Å². The Morgan fingerprint density at radius 2 is 1.77 bits per heavy atom. The molecular weight excluding hydrogens is 429 g/mol. The number of hydrogen-bond donors (Lipinski definition) is 0. The van der Waals surface area contributed by atoms with Gasteiger partial charge in [0.25, 0.3) is 5.89 Å². The van der Waals surface area contributed by atoms with Crippen molar-refractivity contribution in [3.8, 4) is 28.5 Å². The van der Waals surface area contributed by atoms with Crippen LogP contribution in [0.1, 0.15) is 5.82 Å². The van der Waals surface area contributed by atoms with E-state index < -0.39 is 12.7 Å². The van der Waals surface area contributed by atoms with E-state index in [1.165, 1.54) is 6.20 Å². The fourth-order valence-electron chi connectivity index (χ4n) is 2.94. The maximum atomic E-state index is 13.2. The predicted molar refractivity (Wildman–Crippen MR) is 110 cm³/mol. The van der Waals surface area contributed by atoms with Crippen LogP contribution in [-0.4, -0.2) is 33.0 Å². The predicted octanol–water partition coefficient (Wildman–Crippen LogP) is 5.46. The molecule has 0 unspecified atom stereocenters. The Kier molecular flexibility index (Phi) is 5.99. The molecule has 0 fully saturated rings. The Labute approximate surface area is 180 Å². The maximum absolute atomic E-state index is 13.2. The molecule has 0 aliphatic rings. The van der Waals surface area contributed by atoms with Gasteiger partial charge >= 0.3 is 6.18 Å². The topological polar surface area (TPSA) is 66.0 Å². The van der Waals surface area contributed by atoms with Gasteiger partial charge in [0.15, 0.2) is 11.0 Å². The maximum Gasteiger partial charge on any atom is 0.406 e. The molecular formula is C21H17F3N4O2S. The number of nitrogens with zero attached hydrogens (tertiary/aromatic N) is 4. The van der Waals surface area contributed by atoms with Crippen LogP contribution in [-0.2, 0) is 12.3 Å². The normalized spacial score (nSPS) is 11.6. The molecule has 10 heteroatoms. The van der Waals surface area contributed by atoms with E-state index in [1.54, 1.807) is 61.7 Å². The molecule has 160 valence electrons. The molecule has 0 atom stereocenters. The average Bonchev–Trinajstić information content (AvgIpc) is 3.39. The summed E-state index contributed by atoms with van der Waals surface area (Å²) in [5, 5.41) is 4.15. The first-order valence-electron chi connectivity index (χ1n) is 9.20. The van der Waals surface area contributed by atoms with Gasteiger partial charge in [-0.15, -0.1) is 0 Å². The molecule has 6 nitrogen and oxygen atoms in total. The number of thioether (sulfide) groups is 1. The van der Waals surface area contributed by atoms with Gasteiger partial charge in [0, 0.05) is 5.56 Å². The number of benzene rings is 2. The lowest BCUT2D eigenvalue weighted by Gasteiger charge is -2.13. The zero-order valence-corrected chi connectivity index (χ0v) is 17.2. The number of ether oxygens (including phenoxy) is 1. The molecule has 0 aliphatic heterocycles. The molecule has 2 heterocycles. The van der Waals surface area contributed by atoms with Crippen molar-refractivity contribution in [1.82, 2.24) is 19.7 Å². The van der Waals surface area contributed by atoms with Gasteiger partial charge in [-0.2, -0.15) is 18.2 Å². The van der Waals surface area contributed by atoms with Crippen molar-refractivity contribution in [2.45, 2.75) is 23.6 Å². The fraction of sp³-hybridized carbons (Fsp3) is 0.190. The number of imidazole rings is 1. The van der Waals surface area contributed by atoms with Gasteiger partial charge in [0.05, 0.1) is 24.8 Å². The second-order valence-corrected chi connectivity index (χ2v) is 7.47. The molecule has 2 aromatic heterocycles. The van der Waals surface area contributed by atoms with E-state index in [1.807, 2.05) is 0 Å². The first kappa shape index (κ1) is 21.0. The van der Waals surface area contributed by atoms with E-state index in [-0.39, 0.29) is 10.9 Å². The monoisotopic (exact) mass is 446 g/mol. The summed E-state index contributed by atoms with van der Waals surface area (Å²) in [6.07, 6.45) is -2.93. The highest BCUT2D eigenvalue weighted by atomic mass is 32.2. The molecule has 4 rings (SSSR count). The standard InChI is InChI=1S/C21H17F3N4O2S/c1-29-16-9-7-15(8-10-16)19-26-18(27-30-19)12-31-20-25-11-17(14-5-3-2-4-6-14)28(20)13-21(22,23)24/h2-11H,12-13H2,1H3. The Bertz CT molecular complexity index is 1140. The van der Waals surface area contributed by atoms with Gasteiger partial charge in [0.1, 0.15) is 12.3 Å². The summed E-state index contributed by atoms with van der Waals surface area (Å²) in [5.41, 5.74) is 1.77. The lowest BCUT2D eigenvalue weighted by Crippen LogP contribution is -2.19. The second kappa shape index (κ2) is 8.84. The molecule has 0 bridgehead atoms. The van der Waals surface area contributed by atoms with Crippen molar-refractivity contribution in [1.29, 1.82) is 0 Å². The van der Waals surface area contributed by atoms with Crippen molar-refractivity contribution < 1.29 is 22.4 Å². The second-order valence-electron chi connectivity index (χ2n) is 6.53. The largest absolute Gasteiger partial charge is 0.497 e. The molecule has 2 aromatic carbocycles. The Morgan fingerprint density at radius 3 is 2.45 bits per heavy atom. The van der Waals surface area contributed by atoms with Gasteiger partial charge in [-0.25, -0.2) is 4.98 Å². The van der Waals surface area contributed by atoms with Crippen molar-refractivity contribution in [2.24, 2.45) is 0 Å². The third-order valence-corrected chi connectivity index (χ3v) is 5.35. The molecule has 0 saturated carbocycles. The molecule has 0 radical (unpaired) electrons. The van der Waals surface area contributed by atoms with Crippen molar-refractivity contribution in [2.75, 3.05) is 7.11 Å². The Balaban J connectivity index is 1.53. The molecule has 4 aromatic rings. The Morgan fingerprint density at radius 1 is 1.03 bits per heavy atom. The molecule has 31 heavy (non-hydrogen) atoms. The average molecular weight is 446 g/mol. The molecule has 0 amide bonds. The number of methoxy groups -OCH3 is 1. The zero-order valence-electron chi connectivity index (χ0n) is 16.3. The highest BCUT2D eigenvalue weighted by molar-refractivity contribution is 7.98. The first-order valence-corrected chi connectivity index (χ1v) is 10.2. The van der Waals surface area contributed by atoms with Gasteiger partial charge < -0.3 is 13.8 Å². The van der Waals surface area contributed by atoms with Crippen LogP contribution in [0.3, 0.4) is 0 Å². The number of halogens is 3. The first-order chi connectivity index (χ1) is 14.9. The quantitative estimate of drug-likeness (QED) is 0.351. The summed E-state index contributed by atoms with van der Waals surface area (Å²) >= 11 is 1.12. The van der Waals surface area contributed by atoms with Crippen LogP contribution >= 0.6 is 11.8 Å². The number of rotatable bonds is 7. The van der Waals surface area contributed by atoms with Crippen LogP contribution in [0.4, 0.5) is 13.2 Å². The van der Waals surface area contributed by atoms with Crippen LogP contribution < -0.4 is 4.74 Å². The summed E-state index contributed by atoms with van der Waals surface area (Å²) in [5.74, 6) is 1.59. The molecule has 0 spiro atoms. The van der Waals surface area contributed by atoms with Crippen LogP contribution in [0.2, 0.25) is 0 Å². The van der Waals surface area contributed by atoms with E-state index in [9.17, 15) is 13.2 Å². The number of alkyl halides is 3. The highest BCUT2D eigenvalue weighted by Gasteiger charge is 2.31. The smallest absolute Gasteiger partial charge is 0.406 e. The summed E-state index contributed by atoms with van der Waals surface area (Å²) < 4.78 is 51.1. The van der Waals surface area contributed by atoms with Crippen molar-refractivity contribution >= 4 is 11.8 Å².